The molecule has 8 heteroatoms. The molecule has 0 unspecified atom stereocenters. The van der Waals surface area contributed by atoms with Crippen LogP contribution in [0.25, 0.3) is 0 Å². The summed E-state index contributed by atoms with van der Waals surface area (Å²) in [5, 5.41) is 0.852. The number of amides is 2. The molecule has 1 fully saturated rings. The summed E-state index contributed by atoms with van der Waals surface area (Å²) >= 11 is 1.61. The Bertz CT molecular complexity index is 748. The van der Waals surface area contributed by atoms with E-state index in [-0.39, 0.29) is 11.8 Å². The lowest BCUT2D eigenvalue weighted by atomic mass is 10.2. The van der Waals surface area contributed by atoms with Gasteiger partial charge >= 0.3 is 0 Å². The zero-order valence-electron chi connectivity index (χ0n) is 14.0. The second kappa shape index (κ2) is 8.06. The van der Waals surface area contributed by atoms with E-state index in [1.807, 2.05) is 13.0 Å². The summed E-state index contributed by atoms with van der Waals surface area (Å²) in [4.78, 5) is 40.7. The Labute approximate surface area is 150 Å². The van der Waals surface area contributed by atoms with Crippen LogP contribution in [0.1, 0.15) is 27.8 Å². The molecule has 1 aliphatic rings. The van der Waals surface area contributed by atoms with Gasteiger partial charge in [-0.1, -0.05) is 6.92 Å². The molecule has 0 N–H and O–H groups in total. The molecular formula is C17H19N5O2S. The van der Waals surface area contributed by atoms with Gasteiger partial charge in [0, 0.05) is 50.3 Å². The molecular weight excluding hydrogens is 338 g/mol. The monoisotopic (exact) mass is 357 g/mol. The number of carbonyl (C=O) groups excluding carboxylic acids is 2. The number of rotatable bonds is 4. The molecule has 7 nitrogen and oxygen atoms in total. The highest BCUT2D eigenvalue weighted by Gasteiger charge is 2.26. The van der Waals surface area contributed by atoms with E-state index in [0.29, 0.717) is 37.4 Å². The minimum Gasteiger partial charge on any atom is -0.335 e. The topological polar surface area (TPSA) is 79.3 Å². The summed E-state index contributed by atoms with van der Waals surface area (Å²) in [6, 6.07) is 3.56. The first-order chi connectivity index (χ1) is 12.2. The summed E-state index contributed by atoms with van der Waals surface area (Å²) < 4.78 is 0. The first-order valence-electron chi connectivity index (χ1n) is 8.12. The lowest BCUT2D eigenvalue weighted by Crippen LogP contribution is -2.50. The van der Waals surface area contributed by atoms with E-state index in [0.717, 1.165) is 10.8 Å². The van der Waals surface area contributed by atoms with Gasteiger partial charge in [-0.2, -0.15) is 0 Å². The summed E-state index contributed by atoms with van der Waals surface area (Å²) in [7, 11) is 0. The van der Waals surface area contributed by atoms with Crippen molar-refractivity contribution >= 4 is 23.6 Å². The van der Waals surface area contributed by atoms with Crippen LogP contribution < -0.4 is 0 Å². The summed E-state index contributed by atoms with van der Waals surface area (Å²) in [6.07, 6.45) is 6.17. The molecule has 3 heterocycles. The van der Waals surface area contributed by atoms with Crippen LogP contribution in [0.15, 0.2) is 41.9 Å². The standard InChI is InChI=1S/C17H19N5O2S/c1-2-25-15-11-13(3-4-20-15)16(23)21-7-9-22(10-8-21)17(24)14-12-18-5-6-19-14/h3-6,11-12H,2,7-10H2,1H3. The maximum Gasteiger partial charge on any atom is 0.274 e. The number of pyridine rings is 1. The molecule has 2 aromatic heterocycles. The van der Waals surface area contributed by atoms with E-state index >= 15 is 0 Å². The zero-order chi connectivity index (χ0) is 17.6. The van der Waals surface area contributed by atoms with Gasteiger partial charge in [0.25, 0.3) is 11.8 Å². The van der Waals surface area contributed by atoms with Crippen LogP contribution in [0.2, 0.25) is 0 Å². The van der Waals surface area contributed by atoms with E-state index in [2.05, 4.69) is 15.0 Å². The molecule has 0 aliphatic carbocycles. The van der Waals surface area contributed by atoms with Gasteiger partial charge in [0.2, 0.25) is 0 Å². The fraction of sp³-hybridized carbons (Fsp3) is 0.353. The van der Waals surface area contributed by atoms with Crippen LogP contribution in [0, 0.1) is 0 Å². The summed E-state index contributed by atoms with van der Waals surface area (Å²) in [5.41, 5.74) is 0.970. The van der Waals surface area contributed by atoms with E-state index in [1.165, 1.54) is 18.6 Å². The van der Waals surface area contributed by atoms with Gasteiger partial charge in [0.1, 0.15) is 5.69 Å². The van der Waals surface area contributed by atoms with Crippen molar-refractivity contribution in [2.75, 3.05) is 31.9 Å². The van der Waals surface area contributed by atoms with Crippen molar-refractivity contribution in [2.24, 2.45) is 0 Å². The number of aromatic nitrogens is 3. The van der Waals surface area contributed by atoms with Gasteiger partial charge < -0.3 is 9.80 Å². The highest BCUT2D eigenvalue weighted by Crippen LogP contribution is 2.17. The lowest BCUT2D eigenvalue weighted by molar-refractivity contribution is 0.0532. The lowest BCUT2D eigenvalue weighted by Gasteiger charge is -2.34. The van der Waals surface area contributed by atoms with Crippen molar-refractivity contribution in [1.29, 1.82) is 0 Å². The summed E-state index contributed by atoms with van der Waals surface area (Å²) in [6.45, 7) is 4.03. The predicted molar refractivity (Wildman–Crippen MR) is 94.5 cm³/mol. The van der Waals surface area contributed by atoms with E-state index < -0.39 is 0 Å². The second-order valence-corrected chi connectivity index (χ2v) is 6.78. The Hall–Kier alpha value is -2.48. The fourth-order valence-corrected chi connectivity index (χ4v) is 3.28. The molecule has 130 valence electrons. The van der Waals surface area contributed by atoms with Crippen LogP contribution in [0.4, 0.5) is 0 Å². The molecule has 1 saturated heterocycles. The first-order valence-corrected chi connectivity index (χ1v) is 9.11. The Morgan fingerprint density at radius 3 is 2.40 bits per heavy atom. The Kier molecular flexibility index (Phi) is 5.60. The van der Waals surface area contributed by atoms with Crippen LogP contribution in [-0.2, 0) is 0 Å². The molecule has 25 heavy (non-hydrogen) atoms. The fourth-order valence-electron chi connectivity index (χ4n) is 2.64. The molecule has 0 aromatic carbocycles. The van der Waals surface area contributed by atoms with Crippen LogP contribution >= 0.6 is 11.8 Å². The van der Waals surface area contributed by atoms with Crippen LogP contribution in [-0.4, -0.2) is 68.5 Å². The number of piperazine rings is 1. The number of thioether (sulfide) groups is 1. The smallest absolute Gasteiger partial charge is 0.274 e. The van der Waals surface area contributed by atoms with Crippen molar-refractivity contribution in [2.45, 2.75) is 11.9 Å². The molecule has 3 rings (SSSR count). The number of nitrogens with zero attached hydrogens (tertiary/aromatic N) is 5. The quantitative estimate of drug-likeness (QED) is 0.773. The molecule has 0 bridgehead atoms. The highest BCUT2D eigenvalue weighted by molar-refractivity contribution is 7.99. The normalized spacial score (nSPS) is 14.4. The molecule has 2 amide bonds. The van der Waals surface area contributed by atoms with Crippen LogP contribution in [0.5, 0.6) is 0 Å². The number of hydrogen-bond acceptors (Lipinski definition) is 6. The SMILES string of the molecule is CCSc1cc(C(=O)N2CCN(C(=O)c3cnccn3)CC2)ccn1. The Balaban J connectivity index is 1.61. The highest BCUT2D eigenvalue weighted by atomic mass is 32.2. The Morgan fingerprint density at radius 1 is 1.04 bits per heavy atom. The third kappa shape index (κ3) is 4.14. The van der Waals surface area contributed by atoms with Gasteiger partial charge in [0.15, 0.2) is 0 Å². The maximum atomic E-state index is 12.7. The van der Waals surface area contributed by atoms with E-state index in [4.69, 9.17) is 0 Å². The van der Waals surface area contributed by atoms with Crippen molar-refractivity contribution in [1.82, 2.24) is 24.8 Å². The average molecular weight is 357 g/mol. The zero-order valence-corrected chi connectivity index (χ0v) is 14.8. The average Bonchev–Trinajstić information content (AvgIpc) is 2.68. The molecule has 0 radical (unpaired) electrons. The van der Waals surface area contributed by atoms with Crippen molar-refractivity contribution in [3.05, 3.63) is 48.2 Å². The van der Waals surface area contributed by atoms with Gasteiger partial charge in [-0.05, 0) is 17.9 Å². The minimum absolute atomic E-state index is 0.0213. The molecule has 0 atom stereocenters. The Morgan fingerprint density at radius 2 is 1.76 bits per heavy atom. The van der Waals surface area contributed by atoms with E-state index in [9.17, 15) is 9.59 Å². The van der Waals surface area contributed by atoms with Gasteiger partial charge in [0.05, 0.1) is 11.2 Å². The third-order valence-corrected chi connectivity index (χ3v) is 4.72. The van der Waals surface area contributed by atoms with E-state index in [1.54, 1.807) is 33.8 Å². The third-order valence-electron chi connectivity index (χ3n) is 3.91. The number of carbonyl (C=O) groups is 2. The largest absolute Gasteiger partial charge is 0.335 e. The van der Waals surface area contributed by atoms with Crippen molar-refractivity contribution < 1.29 is 9.59 Å². The van der Waals surface area contributed by atoms with Gasteiger partial charge in [-0.15, -0.1) is 11.8 Å². The van der Waals surface area contributed by atoms with Gasteiger partial charge in [-0.3, -0.25) is 14.6 Å². The van der Waals surface area contributed by atoms with Crippen LogP contribution in [0.3, 0.4) is 0 Å². The minimum atomic E-state index is -0.147. The molecule has 0 saturated carbocycles. The molecule has 0 spiro atoms. The molecule has 1 aliphatic heterocycles. The first kappa shape index (κ1) is 17.3. The predicted octanol–water partition coefficient (Wildman–Crippen LogP) is 1.58. The second-order valence-electron chi connectivity index (χ2n) is 5.49. The van der Waals surface area contributed by atoms with Crippen molar-refractivity contribution in [3.8, 4) is 0 Å². The van der Waals surface area contributed by atoms with Gasteiger partial charge in [-0.25, -0.2) is 9.97 Å². The maximum absolute atomic E-state index is 12.7. The van der Waals surface area contributed by atoms with Crippen molar-refractivity contribution in [3.63, 3.8) is 0 Å². The molecule has 2 aromatic rings. The number of hydrogen-bond donors (Lipinski definition) is 0. The summed E-state index contributed by atoms with van der Waals surface area (Å²) in [5.74, 6) is 0.742.